The summed E-state index contributed by atoms with van der Waals surface area (Å²) >= 11 is 0. The normalized spacial score (nSPS) is 13.4. The molecular weight excluding hydrogens is 227 g/mol. The largest absolute Gasteiger partial charge is 0.340 e. The van der Waals surface area contributed by atoms with Gasteiger partial charge >= 0.3 is 7.60 Å². The molecule has 0 amide bonds. The Morgan fingerprint density at radius 1 is 1.19 bits per heavy atom. The average Bonchev–Trinajstić information content (AvgIpc) is 2.37. The summed E-state index contributed by atoms with van der Waals surface area (Å²) < 4.78 is 21.6. The van der Waals surface area contributed by atoms with Gasteiger partial charge in [-0.15, -0.1) is 0 Å². The van der Waals surface area contributed by atoms with E-state index in [9.17, 15) is 9.36 Å². The van der Waals surface area contributed by atoms with Crippen LogP contribution in [0, 0.1) is 0 Å². The van der Waals surface area contributed by atoms with Crippen LogP contribution in [0.5, 0.6) is 0 Å². The zero-order valence-electron chi connectivity index (χ0n) is 9.54. The molecule has 0 fully saturated rings. The summed E-state index contributed by atoms with van der Waals surface area (Å²) in [6, 6.07) is 8.67. The number of rotatable bonds is 5. The van der Waals surface area contributed by atoms with E-state index in [1.165, 1.54) is 14.2 Å². The summed E-state index contributed by atoms with van der Waals surface area (Å²) in [7, 11) is -0.790. The maximum absolute atomic E-state index is 12.0. The van der Waals surface area contributed by atoms with Crippen LogP contribution >= 0.6 is 7.60 Å². The van der Waals surface area contributed by atoms with Gasteiger partial charge in [0.05, 0.1) is 0 Å². The molecule has 0 aliphatic heterocycles. The fourth-order valence-electron chi connectivity index (χ4n) is 1.38. The van der Waals surface area contributed by atoms with Crippen molar-refractivity contribution >= 4 is 13.4 Å². The number of Topliss-reactive ketones (excluding diaryl/α,β-unsaturated/α-hetero) is 1. The van der Waals surface area contributed by atoms with Crippen molar-refractivity contribution in [2.45, 2.75) is 12.6 Å². The van der Waals surface area contributed by atoms with E-state index in [4.69, 9.17) is 9.05 Å². The maximum atomic E-state index is 12.0. The summed E-state index contributed by atoms with van der Waals surface area (Å²) in [6.07, 6.45) is 0. The van der Waals surface area contributed by atoms with E-state index < -0.39 is 13.3 Å². The van der Waals surface area contributed by atoms with Crippen LogP contribution in [0.4, 0.5) is 0 Å². The van der Waals surface area contributed by atoms with Crippen LogP contribution in [-0.2, 0) is 13.6 Å². The molecule has 16 heavy (non-hydrogen) atoms. The first-order chi connectivity index (χ1) is 7.55. The minimum absolute atomic E-state index is 0.243. The molecule has 0 radical (unpaired) electrons. The summed E-state index contributed by atoms with van der Waals surface area (Å²) in [5.74, 6) is -0.243. The topological polar surface area (TPSA) is 52.6 Å². The molecule has 88 valence electrons. The van der Waals surface area contributed by atoms with E-state index in [0.29, 0.717) is 5.56 Å². The van der Waals surface area contributed by atoms with Crippen molar-refractivity contribution in [3.8, 4) is 0 Å². The Morgan fingerprint density at radius 3 is 2.12 bits per heavy atom. The van der Waals surface area contributed by atoms with Gasteiger partial charge in [-0.25, -0.2) is 0 Å². The molecule has 5 heteroatoms. The number of hydrogen-bond acceptors (Lipinski definition) is 4. The Balaban J connectivity index is 2.95. The highest BCUT2D eigenvalue weighted by molar-refractivity contribution is 7.55. The molecule has 1 atom stereocenters. The summed E-state index contributed by atoms with van der Waals surface area (Å²) in [5, 5.41) is 0. The maximum Gasteiger partial charge on any atom is 0.340 e. The van der Waals surface area contributed by atoms with Gasteiger partial charge in [-0.05, 0) is 6.92 Å². The molecule has 0 saturated carbocycles. The van der Waals surface area contributed by atoms with E-state index in [2.05, 4.69) is 0 Å². The Bertz CT molecular complexity index is 394. The first kappa shape index (κ1) is 13.1. The van der Waals surface area contributed by atoms with Crippen LogP contribution in [-0.4, -0.2) is 25.7 Å². The SMILES string of the molecule is COP(=O)(OC)[C@@H](C)C(=O)c1ccccc1. The van der Waals surface area contributed by atoms with Crippen LogP contribution in [0.25, 0.3) is 0 Å². The molecule has 0 aliphatic rings. The number of carbonyl (C=O) groups is 1. The second-order valence-electron chi connectivity index (χ2n) is 3.31. The van der Waals surface area contributed by atoms with Crippen molar-refractivity contribution in [3.05, 3.63) is 35.9 Å². The quantitative estimate of drug-likeness (QED) is 0.588. The monoisotopic (exact) mass is 242 g/mol. The highest BCUT2D eigenvalue weighted by Crippen LogP contribution is 2.52. The molecule has 0 aliphatic carbocycles. The van der Waals surface area contributed by atoms with Gasteiger partial charge in [0.25, 0.3) is 0 Å². The van der Waals surface area contributed by atoms with Gasteiger partial charge in [0.15, 0.2) is 5.78 Å². The molecule has 0 unspecified atom stereocenters. The van der Waals surface area contributed by atoms with E-state index in [-0.39, 0.29) is 5.78 Å². The van der Waals surface area contributed by atoms with Gasteiger partial charge < -0.3 is 9.05 Å². The smallest absolute Gasteiger partial charge is 0.311 e. The molecule has 0 N–H and O–H groups in total. The fourth-order valence-corrected chi connectivity index (χ4v) is 2.60. The van der Waals surface area contributed by atoms with Crippen LogP contribution in [0.2, 0.25) is 0 Å². The highest BCUT2D eigenvalue weighted by atomic mass is 31.2. The lowest BCUT2D eigenvalue weighted by Gasteiger charge is -2.19. The van der Waals surface area contributed by atoms with Crippen molar-refractivity contribution in [1.82, 2.24) is 0 Å². The first-order valence-electron chi connectivity index (χ1n) is 4.85. The third-order valence-electron chi connectivity index (χ3n) is 2.42. The minimum Gasteiger partial charge on any atom is -0.311 e. The summed E-state index contributed by atoms with van der Waals surface area (Å²) in [5.41, 5.74) is -0.297. The Hall–Kier alpha value is -0.960. The third kappa shape index (κ3) is 2.59. The predicted octanol–water partition coefficient (Wildman–Crippen LogP) is 2.74. The second kappa shape index (κ2) is 5.39. The molecule has 0 heterocycles. The van der Waals surface area contributed by atoms with Crippen LogP contribution in [0.1, 0.15) is 17.3 Å². The molecule has 0 spiro atoms. The molecular formula is C11H15O4P. The van der Waals surface area contributed by atoms with E-state index in [1.54, 1.807) is 31.2 Å². The fraction of sp³-hybridized carbons (Fsp3) is 0.364. The van der Waals surface area contributed by atoms with Crippen molar-refractivity contribution in [3.63, 3.8) is 0 Å². The van der Waals surface area contributed by atoms with Gasteiger partial charge in [0.1, 0.15) is 5.66 Å². The number of benzene rings is 1. The average molecular weight is 242 g/mol. The lowest BCUT2D eigenvalue weighted by molar-refractivity contribution is 0.0978. The zero-order chi connectivity index (χ0) is 12.2. The predicted molar refractivity (Wildman–Crippen MR) is 61.9 cm³/mol. The highest BCUT2D eigenvalue weighted by Gasteiger charge is 2.36. The standard InChI is InChI=1S/C11H15O4P/c1-9(16(13,14-2)15-3)11(12)10-7-5-4-6-8-10/h4-9H,1-3H3/t9-/m0/s1. The summed E-state index contributed by atoms with van der Waals surface area (Å²) in [6.45, 7) is 1.54. The lowest BCUT2D eigenvalue weighted by atomic mass is 10.1. The van der Waals surface area contributed by atoms with E-state index in [1.807, 2.05) is 6.07 Å². The summed E-state index contributed by atoms with van der Waals surface area (Å²) in [4.78, 5) is 12.0. The van der Waals surface area contributed by atoms with Crippen LogP contribution in [0.15, 0.2) is 30.3 Å². The molecule has 1 aromatic carbocycles. The van der Waals surface area contributed by atoms with Crippen molar-refractivity contribution < 1.29 is 18.4 Å². The van der Waals surface area contributed by atoms with Gasteiger partial charge in [-0.1, -0.05) is 30.3 Å². The van der Waals surface area contributed by atoms with Crippen molar-refractivity contribution in [1.29, 1.82) is 0 Å². The van der Waals surface area contributed by atoms with Gasteiger partial charge in [0.2, 0.25) is 0 Å². The third-order valence-corrected chi connectivity index (χ3v) is 4.62. The molecule has 1 rings (SSSR count). The van der Waals surface area contributed by atoms with Gasteiger partial charge in [-0.3, -0.25) is 9.36 Å². The van der Waals surface area contributed by atoms with Crippen molar-refractivity contribution in [2.75, 3.05) is 14.2 Å². The number of carbonyl (C=O) groups excluding carboxylic acids is 1. The molecule has 0 bridgehead atoms. The van der Waals surface area contributed by atoms with Crippen LogP contribution in [0.3, 0.4) is 0 Å². The molecule has 0 aromatic heterocycles. The number of ketones is 1. The van der Waals surface area contributed by atoms with Gasteiger partial charge in [0, 0.05) is 19.8 Å². The molecule has 1 aromatic rings. The van der Waals surface area contributed by atoms with Gasteiger partial charge in [-0.2, -0.15) is 0 Å². The van der Waals surface area contributed by atoms with E-state index >= 15 is 0 Å². The Morgan fingerprint density at radius 2 is 1.69 bits per heavy atom. The Kier molecular flexibility index (Phi) is 4.42. The Labute approximate surface area is 95.1 Å². The molecule has 4 nitrogen and oxygen atoms in total. The van der Waals surface area contributed by atoms with Crippen LogP contribution < -0.4 is 0 Å². The first-order valence-corrected chi connectivity index (χ1v) is 6.47. The second-order valence-corrected chi connectivity index (χ2v) is 5.90. The number of hydrogen-bond donors (Lipinski definition) is 0. The minimum atomic E-state index is -3.34. The molecule has 0 saturated heterocycles. The van der Waals surface area contributed by atoms with E-state index in [0.717, 1.165) is 0 Å². The lowest BCUT2D eigenvalue weighted by Crippen LogP contribution is -2.19. The van der Waals surface area contributed by atoms with Crippen molar-refractivity contribution in [2.24, 2.45) is 0 Å². The zero-order valence-corrected chi connectivity index (χ0v) is 10.4.